The lowest BCUT2D eigenvalue weighted by molar-refractivity contribution is 0.462. The molecular formula is C10H18N4O4S. The van der Waals surface area contributed by atoms with E-state index in [1.54, 1.807) is 7.05 Å². The van der Waals surface area contributed by atoms with Crippen LogP contribution < -0.4 is 16.6 Å². The molecule has 1 aromatic rings. The molecule has 1 N–H and O–H groups in total. The molecule has 8 nitrogen and oxygen atoms in total. The fraction of sp³-hybridized carbons (Fsp3) is 0.600. The molecule has 9 heteroatoms. The average molecular weight is 290 g/mol. The number of aromatic nitrogens is 2. The zero-order valence-corrected chi connectivity index (χ0v) is 12.2. The molecule has 0 aliphatic heterocycles. The van der Waals surface area contributed by atoms with Gasteiger partial charge in [-0.05, 0) is 7.05 Å². The Kier molecular flexibility index (Phi) is 4.66. The lowest BCUT2D eigenvalue weighted by Gasteiger charge is -2.17. The molecule has 1 rings (SSSR count). The smallest absolute Gasteiger partial charge is 0.318 e. The van der Waals surface area contributed by atoms with Crippen LogP contribution in [0.15, 0.2) is 20.7 Å². The van der Waals surface area contributed by atoms with Gasteiger partial charge in [0.2, 0.25) is 10.0 Å². The summed E-state index contributed by atoms with van der Waals surface area (Å²) in [4.78, 5) is 23.0. The molecular weight excluding hydrogens is 272 g/mol. The first-order chi connectivity index (χ1) is 8.73. The third-order valence-corrected chi connectivity index (χ3v) is 4.62. The minimum atomic E-state index is -3.90. The fourth-order valence-electron chi connectivity index (χ4n) is 1.51. The predicted molar refractivity (Wildman–Crippen MR) is 70.7 cm³/mol. The van der Waals surface area contributed by atoms with Crippen molar-refractivity contribution >= 4 is 10.0 Å². The molecule has 0 aliphatic rings. The van der Waals surface area contributed by atoms with E-state index in [-0.39, 0.29) is 6.54 Å². The average Bonchev–Trinajstić information content (AvgIpc) is 2.37. The van der Waals surface area contributed by atoms with Gasteiger partial charge in [0.15, 0.2) is 4.90 Å². The quantitative estimate of drug-likeness (QED) is 0.672. The Morgan fingerprint density at radius 3 is 2.42 bits per heavy atom. The van der Waals surface area contributed by atoms with E-state index in [0.717, 1.165) is 19.6 Å². The molecule has 1 aromatic heterocycles. The summed E-state index contributed by atoms with van der Waals surface area (Å²) in [5, 5.41) is 2.82. The molecule has 1 heterocycles. The number of sulfonamides is 1. The maximum Gasteiger partial charge on any atom is 0.330 e. The summed E-state index contributed by atoms with van der Waals surface area (Å²) in [6.45, 7) is 0.687. The van der Waals surface area contributed by atoms with Crippen molar-refractivity contribution in [2.24, 2.45) is 14.1 Å². The zero-order chi connectivity index (χ0) is 14.8. The summed E-state index contributed by atoms with van der Waals surface area (Å²) in [5.74, 6) is 0. The third-order valence-electron chi connectivity index (χ3n) is 2.78. The molecule has 0 spiro atoms. The van der Waals surface area contributed by atoms with E-state index >= 15 is 0 Å². The molecule has 0 atom stereocenters. The Labute approximate surface area is 111 Å². The van der Waals surface area contributed by atoms with E-state index in [9.17, 15) is 18.0 Å². The van der Waals surface area contributed by atoms with E-state index in [0.29, 0.717) is 6.54 Å². The molecule has 0 aliphatic carbocycles. The van der Waals surface area contributed by atoms with Crippen LogP contribution in [0, 0.1) is 0 Å². The van der Waals surface area contributed by atoms with Crippen LogP contribution in [0.1, 0.15) is 0 Å². The monoisotopic (exact) mass is 290 g/mol. The first kappa shape index (κ1) is 15.6. The van der Waals surface area contributed by atoms with E-state index in [1.165, 1.54) is 21.1 Å². The summed E-state index contributed by atoms with van der Waals surface area (Å²) in [6, 6.07) is 0. The van der Waals surface area contributed by atoms with Crippen molar-refractivity contribution < 1.29 is 8.42 Å². The van der Waals surface area contributed by atoms with Gasteiger partial charge < -0.3 is 9.88 Å². The number of aryl methyl sites for hydroxylation is 1. The minimum absolute atomic E-state index is 0.227. The van der Waals surface area contributed by atoms with Crippen LogP contribution in [0.5, 0.6) is 0 Å². The van der Waals surface area contributed by atoms with Crippen LogP contribution in [0.2, 0.25) is 0 Å². The highest BCUT2D eigenvalue weighted by molar-refractivity contribution is 7.89. The first-order valence-corrected chi connectivity index (χ1v) is 7.05. The van der Waals surface area contributed by atoms with Crippen molar-refractivity contribution in [2.75, 3.05) is 27.2 Å². The largest absolute Gasteiger partial charge is 0.330 e. The topological polar surface area (TPSA) is 93.4 Å². The van der Waals surface area contributed by atoms with Gasteiger partial charge in [-0.25, -0.2) is 13.2 Å². The number of hydrogen-bond donors (Lipinski definition) is 1. The van der Waals surface area contributed by atoms with Crippen molar-refractivity contribution in [1.29, 1.82) is 0 Å². The second kappa shape index (κ2) is 5.68. The van der Waals surface area contributed by atoms with Gasteiger partial charge in [0.25, 0.3) is 5.56 Å². The van der Waals surface area contributed by atoms with Crippen molar-refractivity contribution in [3.63, 3.8) is 0 Å². The van der Waals surface area contributed by atoms with Gasteiger partial charge in [0, 0.05) is 40.4 Å². The summed E-state index contributed by atoms with van der Waals surface area (Å²) in [6.07, 6.45) is 1.05. The fourth-order valence-corrected chi connectivity index (χ4v) is 2.83. The lowest BCUT2D eigenvalue weighted by atomic mass is 10.6. The Hall–Kier alpha value is -1.45. The normalized spacial score (nSPS) is 12.1. The third kappa shape index (κ3) is 2.94. The number of hydrogen-bond acceptors (Lipinski definition) is 5. The highest BCUT2D eigenvalue weighted by Gasteiger charge is 2.25. The van der Waals surface area contributed by atoms with Crippen LogP contribution in [-0.2, 0) is 24.1 Å². The number of rotatable bonds is 5. The molecule has 0 bridgehead atoms. The molecule has 0 saturated carbocycles. The minimum Gasteiger partial charge on any atom is -0.318 e. The molecule has 0 unspecified atom stereocenters. The Morgan fingerprint density at radius 1 is 1.32 bits per heavy atom. The summed E-state index contributed by atoms with van der Waals surface area (Å²) < 4.78 is 27.4. The standard InChI is InChI=1S/C10H18N4O4S/c1-11-5-6-13(3)19(17,18)8-7-12(2)10(16)14(4)9(8)15/h7,11H,5-6H2,1-4H3. The van der Waals surface area contributed by atoms with E-state index in [4.69, 9.17) is 0 Å². The van der Waals surface area contributed by atoms with Crippen molar-refractivity contribution in [2.45, 2.75) is 4.90 Å². The molecule has 19 heavy (non-hydrogen) atoms. The van der Waals surface area contributed by atoms with Gasteiger partial charge in [-0.3, -0.25) is 9.36 Å². The highest BCUT2D eigenvalue weighted by Crippen LogP contribution is 2.07. The number of nitrogens with one attached hydrogen (secondary N) is 1. The van der Waals surface area contributed by atoms with E-state index in [2.05, 4.69) is 5.32 Å². The second-order valence-corrected chi connectivity index (χ2v) is 6.19. The zero-order valence-electron chi connectivity index (χ0n) is 11.4. The SMILES string of the molecule is CNCCN(C)S(=O)(=O)c1cn(C)c(=O)n(C)c1=O. The van der Waals surface area contributed by atoms with Crippen molar-refractivity contribution in [1.82, 2.24) is 18.8 Å². The highest BCUT2D eigenvalue weighted by atomic mass is 32.2. The van der Waals surface area contributed by atoms with Crippen LogP contribution in [-0.4, -0.2) is 49.0 Å². The Balaban J connectivity index is 3.38. The Bertz CT molecular complexity index is 674. The predicted octanol–water partition coefficient (Wildman–Crippen LogP) is -2.08. The Morgan fingerprint density at radius 2 is 1.89 bits per heavy atom. The molecule has 0 radical (unpaired) electrons. The van der Waals surface area contributed by atoms with Gasteiger partial charge in [-0.2, -0.15) is 4.31 Å². The van der Waals surface area contributed by atoms with Crippen LogP contribution in [0.25, 0.3) is 0 Å². The molecule has 0 aromatic carbocycles. The van der Waals surface area contributed by atoms with E-state index < -0.39 is 26.2 Å². The van der Waals surface area contributed by atoms with Crippen LogP contribution >= 0.6 is 0 Å². The summed E-state index contributed by atoms with van der Waals surface area (Å²) in [5.41, 5.74) is -1.39. The van der Waals surface area contributed by atoms with Gasteiger partial charge in [-0.1, -0.05) is 0 Å². The van der Waals surface area contributed by atoms with Gasteiger partial charge >= 0.3 is 5.69 Å². The first-order valence-electron chi connectivity index (χ1n) is 5.61. The second-order valence-electron chi connectivity index (χ2n) is 4.18. The summed E-state index contributed by atoms with van der Waals surface area (Å²) in [7, 11) is 1.83. The molecule has 0 fully saturated rings. The van der Waals surface area contributed by atoms with Crippen LogP contribution in [0.4, 0.5) is 0 Å². The molecule has 108 valence electrons. The van der Waals surface area contributed by atoms with Gasteiger partial charge in [-0.15, -0.1) is 0 Å². The van der Waals surface area contributed by atoms with Crippen LogP contribution in [0.3, 0.4) is 0 Å². The lowest BCUT2D eigenvalue weighted by Crippen LogP contribution is -2.42. The van der Waals surface area contributed by atoms with Crippen molar-refractivity contribution in [3.8, 4) is 0 Å². The molecule has 0 amide bonds. The summed E-state index contributed by atoms with van der Waals surface area (Å²) >= 11 is 0. The number of nitrogens with zero attached hydrogens (tertiary/aromatic N) is 3. The molecule has 0 saturated heterocycles. The van der Waals surface area contributed by atoms with Gasteiger partial charge in [0.1, 0.15) is 0 Å². The van der Waals surface area contributed by atoms with Crippen molar-refractivity contribution in [3.05, 3.63) is 27.0 Å². The maximum atomic E-state index is 12.2. The van der Waals surface area contributed by atoms with Gasteiger partial charge in [0.05, 0.1) is 0 Å². The maximum absolute atomic E-state index is 12.2. The number of likely N-dealkylation sites (N-methyl/N-ethyl adjacent to an activating group) is 2. The van der Waals surface area contributed by atoms with E-state index in [1.807, 2.05) is 0 Å².